The molecule has 2 aliphatic heterocycles. The molecule has 2 rings (SSSR count). The van der Waals surface area contributed by atoms with Gasteiger partial charge >= 0.3 is 0 Å². The third-order valence-corrected chi connectivity index (χ3v) is 3.92. The van der Waals surface area contributed by atoms with Crippen molar-refractivity contribution < 1.29 is 9.59 Å². The molecule has 1 atom stereocenters. The number of carbonyl (C=O) groups excluding carboxylic acids is 2. The van der Waals surface area contributed by atoms with Crippen LogP contribution in [0.15, 0.2) is 0 Å². The van der Waals surface area contributed by atoms with Gasteiger partial charge in [0.1, 0.15) is 0 Å². The minimum absolute atomic E-state index is 0.217. The molecule has 5 heteroatoms. The fourth-order valence-corrected chi connectivity index (χ4v) is 2.80. The molecule has 0 aromatic carbocycles. The average Bonchev–Trinajstić information content (AvgIpc) is 2.39. The summed E-state index contributed by atoms with van der Waals surface area (Å²) < 4.78 is 0. The zero-order valence-corrected chi connectivity index (χ0v) is 11.2. The molecular formula is C13H23N3O2. The van der Waals surface area contributed by atoms with Gasteiger partial charge in [0.15, 0.2) is 0 Å². The van der Waals surface area contributed by atoms with Crippen molar-refractivity contribution in [1.29, 1.82) is 0 Å². The average molecular weight is 253 g/mol. The third kappa shape index (κ3) is 3.45. The van der Waals surface area contributed by atoms with Crippen LogP contribution in [0.4, 0.5) is 0 Å². The van der Waals surface area contributed by atoms with Crippen LogP contribution in [0.5, 0.6) is 0 Å². The van der Waals surface area contributed by atoms with E-state index in [2.05, 4.69) is 11.8 Å². The molecule has 2 saturated heterocycles. The van der Waals surface area contributed by atoms with Crippen LogP contribution >= 0.6 is 0 Å². The summed E-state index contributed by atoms with van der Waals surface area (Å²) in [6.07, 6.45) is 3.35. The second kappa shape index (κ2) is 6.18. The highest BCUT2D eigenvalue weighted by Crippen LogP contribution is 2.15. The van der Waals surface area contributed by atoms with Gasteiger partial charge in [0, 0.05) is 32.7 Å². The van der Waals surface area contributed by atoms with E-state index in [-0.39, 0.29) is 5.91 Å². The van der Waals surface area contributed by atoms with Gasteiger partial charge < -0.3 is 9.80 Å². The first-order valence-corrected chi connectivity index (χ1v) is 6.88. The van der Waals surface area contributed by atoms with Crippen LogP contribution in [-0.4, -0.2) is 72.8 Å². The molecule has 0 radical (unpaired) electrons. The van der Waals surface area contributed by atoms with Crippen molar-refractivity contribution in [2.45, 2.75) is 19.8 Å². The minimum atomic E-state index is 0.217. The number of amides is 2. The van der Waals surface area contributed by atoms with Gasteiger partial charge in [0.25, 0.3) is 0 Å². The molecule has 0 saturated carbocycles. The van der Waals surface area contributed by atoms with Crippen molar-refractivity contribution in [2.24, 2.45) is 5.92 Å². The SMILES string of the molecule is CC1CCCN(CC(=O)N2CCN(C=O)CC2)C1. The standard InChI is InChI=1S/C13H23N3O2/c1-12-3-2-4-15(9-12)10-13(18)16-7-5-14(11-17)6-8-16/h11-12H,2-10H2,1H3. The molecule has 0 bridgehead atoms. The normalized spacial score (nSPS) is 26.2. The van der Waals surface area contributed by atoms with E-state index in [1.807, 2.05) is 4.90 Å². The molecule has 0 N–H and O–H groups in total. The van der Waals surface area contributed by atoms with Gasteiger partial charge in [-0.1, -0.05) is 6.92 Å². The molecule has 2 amide bonds. The number of nitrogens with zero attached hydrogens (tertiary/aromatic N) is 3. The molecule has 1 unspecified atom stereocenters. The number of likely N-dealkylation sites (tertiary alicyclic amines) is 1. The number of carbonyl (C=O) groups is 2. The smallest absolute Gasteiger partial charge is 0.236 e. The molecule has 0 aliphatic carbocycles. The van der Waals surface area contributed by atoms with Crippen LogP contribution in [0.2, 0.25) is 0 Å². The van der Waals surface area contributed by atoms with E-state index in [0.29, 0.717) is 38.6 Å². The number of hydrogen-bond donors (Lipinski definition) is 0. The lowest BCUT2D eigenvalue weighted by atomic mass is 10.0. The molecular weight excluding hydrogens is 230 g/mol. The Labute approximate surface area is 109 Å². The number of rotatable bonds is 3. The quantitative estimate of drug-likeness (QED) is 0.666. The summed E-state index contributed by atoms with van der Waals surface area (Å²) in [5.41, 5.74) is 0. The Hall–Kier alpha value is -1.10. The lowest BCUT2D eigenvalue weighted by Gasteiger charge is -2.35. The van der Waals surface area contributed by atoms with Crippen molar-refractivity contribution in [3.63, 3.8) is 0 Å². The lowest BCUT2D eigenvalue weighted by Crippen LogP contribution is -2.51. The zero-order chi connectivity index (χ0) is 13.0. The molecule has 0 aromatic rings. The van der Waals surface area contributed by atoms with Crippen molar-refractivity contribution in [3.8, 4) is 0 Å². The Kier molecular flexibility index (Phi) is 4.58. The monoisotopic (exact) mass is 253 g/mol. The highest BCUT2D eigenvalue weighted by Gasteiger charge is 2.24. The van der Waals surface area contributed by atoms with Crippen molar-refractivity contribution in [2.75, 3.05) is 45.8 Å². The maximum atomic E-state index is 12.1. The van der Waals surface area contributed by atoms with Crippen LogP contribution < -0.4 is 0 Å². The summed E-state index contributed by atoms with van der Waals surface area (Å²) in [6, 6.07) is 0. The van der Waals surface area contributed by atoms with E-state index in [9.17, 15) is 9.59 Å². The van der Waals surface area contributed by atoms with Gasteiger partial charge in [0.05, 0.1) is 6.54 Å². The van der Waals surface area contributed by atoms with Crippen LogP contribution in [0.1, 0.15) is 19.8 Å². The summed E-state index contributed by atoms with van der Waals surface area (Å²) in [7, 11) is 0. The Bertz CT molecular complexity index is 301. The third-order valence-electron chi connectivity index (χ3n) is 3.92. The number of piperidine rings is 1. The van der Waals surface area contributed by atoms with Crippen LogP contribution in [-0.2, 0) is 9.59 Å². The predicted octanol–water partition coefficient (Wildman–Crippen LogP) is 0.0189. The molecule has 0 aromatic heterocycles. The van der Waals surface area contributed by atoms with Gasteiger partial charge in [0.2, 0.25) is 12.3 Å². The van der Waals surface area contributed by atoms with E-state index in [4.69, 9.17) is 0 Å². The van der Waals surface area contributed by atoms with Gasteiger partial charge in [-0.3, -0.25) is 14.5 Å². The zero-order valence-electron chi connectivity index (χ0n) is 11.2. The van der Waals surface area contributed by atoms with E-state index in [1.165, 1.54) is 12.8 Å². The molecule has 2 heterocycles. The van der Waals surface area contributed by atoms with Crippen molar-refractivity contribution in [3.05, 3.63) is 0 Å². The molecule has 18 heavy (non-hydrogen) atoms. The topological polar surface area (TPSA) is 43.9 Å². The largest absolute Gasteiger partial charge is 0.342 e. The van der Waals surface area contributed by atoms with Gasteiger partial charge in [-0.25, -0.2) is 0 Å². The maximum absolute atomic E-state index is 12.1. The molecule has 0 spiro atoms. The Balaban J connectivity index is 1.76. The van der Waals surface area contributed by atoms with Crippen LogP contribution in [0.25, 0.3) is 0 Å². The Morgan fingerprint density at radius 2 is 1.94 bits per heavy atom. The number of piperazine rings is 1. The summed E-state index contributed by atoms with van der Waals surface area (Å²) in [6.45, 7) is 7.59. The molecule has 102 valence electrons. The molecule has 5 nitrogen and oxygen atoms in total. The highest BCUT2D eigenvalue weighted by atomic mass is 16.2. The van der Waals surface area contributed by atoms with Crippen LogP contribution in [0, 0.1) is 5.92 Å². The second-order valence-corrected chi connectivity index (χ2v) is 5.50. The van der Waals surface area contributed by atoms with E-state index in [1.54, 1.807) is 4.90 Å². The molecule has 2 fully saturated rings. The highest BCUT2D eigenvalue weighted by molar-refractivity contribution is 5.78. The van der Waals surface area contributed by atoms with E-state index in [0.717, 1.165) is 19.5 Å². The number of hydrogen-bond acceptors (Lipinski definition) is 3. The lowest BCUT2D eigenvalue weighted by molar-refractivity contribution is -0.136. The fourth-order valence-electron chi connectivity index (χ4n) is 2.80. The van der Waals surface area contributed by atoms with E-state index < -0.39 is 0 Å². The summed E-state index contributed by atoms with van der Waals surface area (Å²) in [5.74, 6) is 0.924. The second-order valence-electron chi connectivity index (χ2n) is 5.50. The fraction of sp³-hybridized carbons (Fsp3) is 0.846. The predicted molar refractivity (Wildman–Crippen MR) is 69.1 cm³/mol. The summed E-state index contributed by atoms with van der Waals surface area (Å²) >= 11 is 0. The first kappa shape index (κ1) is 13.3. The van der Waals surface area contributed by atoms with Crippen molar-refractivity contribution >= 4 is 12.3 Å². The van der Waals surface area contributed by atoms with Crippen LogP contribution in [0.3, 0.4) is 0 Å². The van der Waals surface area contributed by atoms with Gasteiger partial charge in [-0.15, -0.1) is 0 Å². The summed E-state index contributed by atoms with van der Waals surface area (Å²) in [4.78, 5) is 28.6. The van der Waals surface area contributed by atoms with Gasteiger partial charge in [-0.2, -0.15) is 0 Å². The van der Waals surface area contributed by atoms with E-state index >= 15 is 0 Å². The maximum Gasteiger partial charge on any atom is 0.236 e. The Morgan fingerprint density at radius 3 is 2.56 bits per heavy atom. The first-order valence-electron chi connectivity index (χ1n) is 6.88. The minimum Gasteiger partial charge on any atom is -0.342 e. The first-order chi connectivity index (χ1) is 8.69. The molecule has 2 aliphatic rings. The Morgan fingerprint density at radius 1 is 1.22 bits per heavy atom. The summed E-state index contributed by atoms with van der Waals surface area (Å²) in [5, 5.41) is 0. The van der Waals surface area contributed by atoms with Gasteiger partial charge in [-0.05, 0) is 25.3 Å². The van der Waals surface area contributed by atoms with Crippen molar-refractivity contribution in [1.82, 2.24) is 14.7 Å².